The van der Waals surface area contributed by atoms with Gasteiger partial charge in [-0.15, -0.1) is 0 Å². The van der Waals surface area contributed by atoms with E-state index in [0.717, 1.165) is 0 Å². The molecule has 0 N–H and O–H groups in total. The van der Waals surface area contributed by atoms with Crippen LogP contribution in [0.1, 0.15) is 38.7 Å². The van der Waals surface area contributed by atoms with Crippen molar-refractivity contribution in [2.24, 2.45) is 0 Å². The molecule has 0 saturated heterocycles. The van der Waals surface area contributed by atoms with Crippen LogP contribution in [0.4, 0.5) is 0 Å². The molecule has 0 radical (unpaired) electrons. The van der Waals surface area contributed by atoms with Crippen LogP contribution in [0, 0.1) is 0 Å². The van der Waals surface area contributed by atoms with Gasteiger partial charge in [0.15, 0.2) is 11.6 Å². The fraction of sp³-hybridized carbons (Fsp3) is 0. The molecule has 0 aliphatic heterocycles. The monoisotopic (exact) mass is 213 g/mol. The second-order valence-electron chi connectivity index (χ2n) is 3.37. The zero-order valence-corrected chi connectivity index (χ0v) is 8.05. The van der Waals surface area contributed by atoms with Gasteiger partial charge in [0.1, 0.15) is 0 Å². The Bertz CT molecular complexity index is 842. The van der Waals surface area contributed by atoms with Crippen LogP contribution in [0.25, 0.3) is 0 Å². The number of hydrogen-bond acceptors (Lipinski definition) is 2. The molecule has 3 rings (SSSR count). The predicted octanol–water partition coefficient (Wildman–Crippen LogP) is 2.46. The topological polar surface area (TPSA) is 34.1 Å². The number of rotatable bonds is 0. The molecule has 0 atom stereocenters. The summed E-state index contributed by atoms with van der Waals surface area (Å²) in [4.78, 5) is 24.9. The lowest BCUT2D eigenvalue weighted by Crippen LogP contribution is -2.20. The summed E-state index contributed by atoms with van der Waals surface area (Å²) in [5.41, 5.74) is -0.771. The number of carbonyl (C=O) groups excluding carboxylic acids is 2. The van der Waals surface area contributed by atoms with Gasteiger partial charge in [0.2, 0.25) is 0 Å². The van der Waals surface area contributed by atoms with Crippen molar-refractivity contribution in [3.63, 3.8) is 0 Å². The van der Waals surface area contributed by atoms with Gasteiger partial charge in [-0.3, -0.25) is 9.59 Å². The summed E-state index contributed by atoms with van der Waals surface area (Å²) in [7, 11) is 0. The third-order valence-electron chi connectivity index (χ3n) is 2.47. The van der Waals surface area contributed by atoms with E-state index in [1.54, 1.807) is 0 Å². The van der Waals surface area contributed by atoms with Crippen molar-refractivity contribution in [3.8, 4) is 0 Å². The Kier molecular flexibility index (Phi) is 1.02. The summed E-state index contributed by atoms with van der Waals surface area (Å²) in [5.74, 6) is -1.36. The maximum Gasteiger partial charge on any atom is 0.194 e. The minimum Gasteiger partial charge on any atom is -0.289 e. The summed E-state index contributed by atoms with van der Waals surface area (Å²) in [6.45, 7) is 0. The highest BCUT2D eigenvalue weighted by molar-refractivity contribution is 6.28. The molecule has 0 unspecified atom stereocenters. The molecule has 16 heavy (non-hydrogen) atoms. The van der Waals surface area contributed by atoms with Gasteiger partial charge in [-0.05, 0) is 0 Å². The van der Waals surface area contributed by atoms with E-state index >= 15 is 0 Å². The van der Waals surface area contributed by atoms with Gasteiger partial charge in [-0.2, -0.15) is 0 Å². The van der Waals surface area contributed by atoms with Crippen LogP contribution in [0.2, 0.25) is 0 Å². The van der Waals surface area contributed by atoms with Crippen LogP contribution in [0.3, 0.4) is 0 Å². The normalized spacial score (nSPS) is 17.6. The fourth-order valence-electron chi connectivity index (χ4n) is 1.73. The van der Waals surface area contributed by atoms with E-state index in [0.29, 0.717) is 0 Å². The van der Waals surface area contributed by atoms with Crippen molar-refractivity contribution < 1.29 is 16.4 Å². The molecule has 1 aliphatic carbocycles. The fourth-order valence-corrected chi connectivity index (χ4v) is 1.73. The van der Waals surface area contributed by atoms with Crippen LogP contribution < -0.4 is 0 Å². The number of carbonyl (C=O) groups is 2. The summed E-state index contributed by atoms with van der Waals surface area (Å²) < 4.78 is 38.6. The first kappa shape index (κ1) is 5.21. The molecule has 2 heteroatoms. The number of ketones is 2. The first-order chi connectivity index (χ1) is 9.86. The Balaban J connectivity index is 2.47. The van der Waals surface area contributed by atoms with E-state index < -0.39 is 35.7 Å². The summed E-state index contributed by atoms with van der Waals surface area (Å²) in [5, 5.41) is 0. The van der Waals surface area contributed by atoms with Crippen molar-refractivity contribution in [2.75, 3.05) is 0 Å². The minimum absolute atomic E-state index is 0.00466. The van der Waals surface area contributed by atoms with Gasteiger partial charge in [0, 0.05) is 22.3 Å². The Hall–Kier alpha value is -2.22. The van der Waals surface area contributed by atoms with Gasteiger partial charge >= 0.3 is 0 Å². The van der Waals surface area contributed by atoms with Crippen molar-refractivity contribution in [3.05, 3.63) is 70.7 Å². The zero-order valence-electron chi connectivity index (χ0n) is 13.0. The van der Waals surface area contributed by atoms with Crippen LogP contribution >= 0.6 is 0 Å². The second-order valence-corrected chi connectivity index (χ2v) is 3.37. The van der Waals surface area contributed by atoms with Crippen LogP contribution in [-0.2, 0) is 0 Å². The Morgan fingerprint density at radius 2 is 1.31 bits per heavy atom. The maximum atomic E-state index is 12.5. The summed E-state index contributed by atoms with van der Waals surface area (Å²) >= 11 is 0. The number of benzene rings is 2. The molecule has 2 aromatic rings. The second kappa shape index (κ2) is 3.14. The molecule has 0 saturated carbocycles. The van der Waals surface area contributed by atoms with Crippen molar-refractivity contribution in [1.82, 2.24) is 0 Å². The molecule has 2 nitrogen and oxygen atoms in total. The quantitative estimate of drug-likeness (QED) is 0.575. The summed E-state index contributed by atoms with van der Waals surface area (Å²) in [6.07, 6.45) is 0. The molecule has 0 bridgehead atoms. The molecule has 2 aromatic carbocycles. The third kappa shape index (κ3) is 1.07. The molecule has 0 fully saturated rings. The third-order valence-corrected chi connectivity index (χ3v) is 2.47. The van der Waals surface area contributed by atoms with Gasteiger partial charge in [0.05, 0.1) is 6.85 Å². The van der Waals surface area contributed by atoms with Gasteiger partial charge in [-0.25, -0.2) is 0 Å². The summed E-state index contributed by atoms with van der Waals surface area (Å²) in [6, 6.07) is 1.89. The number of fused-ring (bicyclic) bond motifs is 2. The smallest absolute Gasteiger partial charge is 0.194 e. The van der Waals surface area contributed by atoms with Crippen molar-refractivity contribution in [1.29, 1.82) is 0 Å². The van der Waals surface area contributed by atoms with Crippen LogP contribution in [0.15, 0.2) is 48.4 Å². The molecule has 0 spiro atoms. The molecular formula is C14H8O2. The minimum atomic E-state index is -0.711. The van der Waals surface area contributed by atoms with E-state index in [2.05, 4.69) is 0 Å². The lowest BCUT2D eigenvalue weighted by Gasteiger charge is -2.16. The van der Waals surface area contributed by atoms with Gasteiger partial charge in [0.25, 0.3) is 0 Å². The van der Waals surface area contributed by atoms with E-state index in [-0.39, 0.29) is 28.3 Å². The molecule has 0 heterocycles. The Morgan fingerprint density at radius 1 is 0.750 bits per heavy atom. The first-order valence-corrected chi connectivity index (χ1v) is 4.65. The standard InChI is InChI=1S/C14H8O2/c15-13-9-5-1-2-6-10(9)14(16)12-8-4-3-7-11(12)13/h1-8H/i1D,2D,5D,6D,7D. The van der Waals surface area contributed by atoms with Crippen LogP contribution in [0.5, 0.6) is 0 Å². The Morgan fingerprint density at radius 3 is 2.00 bits per heavy atom. The largest absolute Gasteiger partial charge is 0.289 e. The highest BCUT2D eigenvalue weighted by Gasteiger charge is 2.28. The van der Waals surface area contributed by atoms with E-state index in [1.807, 2.05) is 0 Å². The molecule has 1 aliphatic rings. The molecule has 0 amide bonds. The average molecular weight is 213 g/mol. The van der Waals surface area contributed by atoms with E-state index in [1.165, 1.54) is 18.2 Å². The average Bonchev–Trinajstić information content (AvgIpc) is 2.46. The van der Waals surface area contributed by atoms with E-state index in [9.17, 15) is 9.59 Å². The highest BCUT2D eigenvalue weighted by Crippen LogP contribution is 2.26. The highest BCUT2D eigenvalue weighted by atomic mass is 16.1. The van der Waals surface area contributed by atoms with Crippen molar-refractivity contribution >= 4 is 11.6 Å². The number of hydrogen-bond donors (Lipinski definition) is 0. The van der Waals surface area contributed by atoms with Crippen molar-refractivity contribution in [2.45, 2.75) is 0 Å². The predicted molar refractivity (Wildman–Crippen MR) is 59.7 cm³/mol. The first-order valence-electron chi connectivity index (χ1n) is 7.15. The molecule has 0 aromatic heterocycles. The van der Waals surface area contributed by atoms with Gasteiger partial charge in [-0.1, -0.05) is 48.4 Å². The molecular weight excluding hydrogens is 200 g/mol. The lowest BCUT2D eigenvalue weighted by atomic mass is 9.84. The molecule has 76 valence electrons. The zero-order chi connectivity index (χ0) is 15.5. The van der Waals surface area contributed by atoms with Gasteiger partial charge < -0.3 is 0 Å². The SMILES string of the molecule is [2H]c1cccc2c1C(=O)c1c([2H])c([2H])c([2H])c([2H])c1C2=O. The van der Waals surface area contributed by atoms with E-state index in [4.69, 9.17) is 6.85 Å². The van der Waals surface area contributed by atoms with Crippen LogP contribution in [-0.4, -0.2) is 11.6 Å². The lowest BCUT2D eigenvalue weighted by molar-refractivity contribution is 0.0979. The maximum absolute atomic E-state index is 12.5. The Labute approximate surface area is 99.6 Å².